The van der Waals surface area contributed by atoms with E-state index in [0.717, 1.165) is 48.5 Å². The SMILES string of the molecule is CC(=N)C=CC(=N)c1cc(C)cnc1N1CCC(CNC2CCCCC2)CC1. The maximum atomic E-state index is 8.44. The molecule has 0 amide bonds. The molecular formula is C23H35N5. The Hall–Kier alpha value is -2.01. The smallest absolute Gasteiger partial charge is 0.137 e. The van der Waals surface area contributed by atoms with Gasteiger partial charge in [-0.05, 0) is 75.8 Å². The quantitative estimate of drug-likeness (QED) is 0.609. The number of hydrogen-bond acceptors (Lipinski definition) is 5. The predicted molar refractivity (Wildman–Crippen MR) is 118 cm³/mol. The molecule has 0 unspecified atom stereocenters. The zero-order valence-electron chi connectivity index (χ0n) is 17.4. The van der Waals surface area contributed by atoms with Gasteiger partial charge < -0.3 is 21.0 Å². The largest absolute Gasteiger partial charge is 0.356 e. The van der Waals surface area contributed by atoms with Gasteiger partial charge in [-0.1, -0.05) is 19.3 Å². The van der Waals surface area contributed by atoms with Gasteiger partial charge in [0.15, 0.2) is 0 Å². The van der Waals surface area contributed by atoms with Crippen molar-refractivity contribution in [1.29, 1.82) is 10.8 Å². The lowest BCUT2D eigenvalue weighted by Gasteiger charge is -2.35. The van der Waals surface area contributed by atoms with Crippen molar-refractivity contribution in [2.75, 3.05) is 24.5 Å². The van der Waals surface area contributed by atoms with E-state index >= 15 is 0 Å². The summed E-state index contributed by atoms with van der Waals surface area (Å²) in [6, 6.07) is 2.78. The Labute approximate surface area is 169 Å². The Kier molecular flexibility index (Phi) is 7.37. The first-order valence-electron chi connectivity index (χ1n) is 10.8. The molecule has 3 N–H and O–H groups in total. The van der Waals surface area contributed by atoms with E-state index in [4.69, 9.17) is 10.8 Å². The first kappa shape index (κ1) is 20.7. The zero-order valence-corrected chi connectivity index (χ0v) is 17.4. The van der Waals surface area contributed by atoms with Crippen molar-refractivity contribution in [2.24, 2.45) is 5.92 Å². The van der Waals surface area contributed by atoms with Crippen molar-refractivity contribution in [3.63, 3.8) is 0 Å². The molecule has 0 bridgehead atoms. The van der Waals surface area contributed by atoms with E-state index in [0.29, 0.717) is 11.4 Å². The average Bonchev–Trinajstić information content (AvgIpc) is 2.71. The second-order valence-corrected chi connectivity index (χ2v) is 8.49. The lowest BCUT2D eigenvalue weighted by molar-refractivity contribution is 0.319. The fourth-order valence-corrected chi connectivity index (χ4v) is 4.30. The normalized spacial score (nSPS) is 19.3. The third-order valence-corrected chi connectivity index (χ3v) is 6.01. The van der Waals surface area contributed by atoms with Gasteiger partial charge in [-0.25, -0.2) is 4.98 Å². The standard InChI is InChI=1S/C23H35N5/c1-17-14-21(22(25)9-8-18(2)24)23(27-15-17)28-12-10-19(11-13-28)16-26-20-6-4-3-5-7-20/h8-9,14-15,19-20,24-26H,3-7,10-13,16H2,1-2H3. The third kappa shape index (κ3) is 5.74. The zero-order chi connectivity index (χ0) is 19.9. The molecule has 0 radical (unpaired) electrons. The van der Waals surface area contributed by atoms with Crippen LogP contribution in [0.1, 0.15) is 63.0 Å². The number of allylic oxidation sites excluding steroid dienone is 2. The van der Waals surface area contributed by atoms with Crippen LogP contribution in [0.4, 0.5) is 5.82 Å². The molecule has 2 heterocycles. The molecule has 3 rings (SSSR count). The summed E-state index contributed by atoms with van der Waals surface area (Å²) in [5.41, 5.74) is 2.82. The first-order valence-corrected chi connectivity index (χ1v) is 10.8. The van der Waals surface area contributed by atoms with Gasteiger partial charge in [0.1, 0.15) is 5.82 Å². The first-order chi connectivity index (χ1) is 13.5. The van der Waals surface area contributed by atoms with Gasteiger partial charge in [-0.2, -0.15) is 0 Å². The number of nitrogens with zero attached hydrogens (tertiary/aromatic N) is 2. The number of pyridine rings is 1. The van der Waals surface area contributed by atoms with Crippen LogP contribution < -0.4 is 10.2 Å². The Balaban J connectivity index is 1.59. The molecule has 5 heteroatoms. The van der Waals surface area contributed by atoms with Crippen molar-refractivity contribution in [3.8, 4) is 0 Å². The van der Waals surface area contributed by atoms with Gasteiger partial charge in [-0.3, -0.25) is 0 Å². The third-order valence-electron chi connectivity index (χ3n) is 6.01. The Morgan fingerprint density at radius 3 is 2.54 bits per heavy atom. The van der Waals surface area contributed by atoms with Crippen molar-refractivity contribution in [2.45, 2.75) is 64.8 Å². The maximum absolute atomic E-state index is 8.44. The topological polar surface area (TPSA) is 75.9 Å². The highest BCUT2D eigenvalue weighted by molar-refractivity contribution is 6.12. The van der Waals surface area contributed by atoms with E-state index in [1.54, 1.807) is 19.1 Å². The number of aromatic nitrogens is 1. The summed E-state index contributed by atoms with van der Waals surface area (Å²) in [6.45, 7) is 6.89. The van der Waals surface area contributed by atoms with Crippen LogP contribution in [-0.4, -0.2) is 42.1 Å². The highest BCUT2D eigenvalue weighted by atomic mass is 15.2. The number of nitrogens with one attached hydrogen (secondary N) is 3. The van der Waals surface area contributed by atoms with Crippen LogP contribution in [0, 0.1) is 23.7 Å². The van der Waals surface area contributed by atoms with E-state index in [1.165, 1.54) is 44.9 Å². The van der Waals surface area contributed by atoms with Crippen LogP contribution in [-0.2, 0) is 0 Å². The van der Waals surface area contributed by atoms with Crippen LogP contribution in [0.15, 0.2) is 24.4 Å². The summed E-state index contributed by atoms with van der Waals surface area (Å²) in [4.78, 5) is 7.02. The van der Waals surface area contributed by atoms with Crippen LogP contribution in [0.5, 0.6) is 0 Å². The van der Waals surface area contributed by atoms with Gasteiger partial charge >= 0.3 is 0 Å². The molecule has 152 valence electrons. The number of aryl methyl sites for hydroxylation is 1. The Morgan fingerprint density at radius 2 is 1.86 bits per heavy atom. The monoisotopic (exact) mass is 381 g/mol. The van der Waals surface area contributed by atoms with Gasteiger partial charge in [0.2, 0.25) is 0 Å². The lowest BCUT2D eigenvalue weighted by Crippen LogP contribution is -2.41. The molecule has 0 spiro atoms. The number of piperidine rings is 1. The second kappa shape index (κ2) is 9.97. The minimum atomic E-state index is 0.430. The van der Waals surface area contributed by atoms with E-state index < -0.39 is 0 Å². The summed E-state index contributed by atoms with van der Waals surface area (Å²) in [7, 11) is 0. The van der Waals surface area contributed by atoms with Crippen molar-refractivity contribution >= 4 is 17.2 Å². The second-order valence-electron chi connectivity index (χ2n) is 8.49. The summed E-state index contributed by atoms with van der Waals surface area (Å²) in [6.07, 6.45) is 14.5. The van der Waals surface area contributed by atoms with Crippen LogP contribution in [0.3, 0.4) is 0 Å². The van der Waals surface area contributed by atoms with E-state index in [-0.39, 0.29) is 0 Å². The van der Waals surface area contributed by atoms with Crippen molar-refractivity contribution < 1.29 is 0 Å². The van der Waals surface area contributed by atoms with E-state index in [2.05, 4.69) is 15.2 Å². The molecule has 1 aliphatic heterocycles. The molecule has 0 atom stereocenters. The van der Waals surface area contributed by atoms with Gasteiger partial charge in [-0.15, -0.1) is 0 Å². The molecule has 1 aromatic rings. The maximum Gasteiger partial charge on any atom is 0.137 e. The molecule has 2 fully saturated rings. The van der Waals surface area contributed by atoms with Crippen molar-refractivity contribution in [1.82, 2.24) is 10.3 Å². The minimum absolute atomic E-state index is 0.430. The fraction of sp³-hybridized carbons (Fsp3) is 0.609. The molecule has 5 nitrogen and oxygen atoms in total. The number of hydrogen-bond donors (Lipinski definition) is 3. The minimum Gasteiger partial charge on any atom is -0.356 e. The molecule has 0 aromatic carbocycles. The Bertz CT molecular complexity index is 710. The molecule has 1 aliphatic carbocycles. The molecule has 2 aliphatic rings. The van der Waals surface area contributed by atoms with Crippen molar-refractivity contribution in [3.05, 3.63) is 35.5 Å². The summed E-state index contributed by atoms with van der Waals surface area (Å²) >= 11 is 0. The molecular weight excluding hydrogens is 346 g/mol. The van der Waals surface area contributed by atoms with E-state index in [9.17, 15) is 0 Å². The molecule has 1 saturated heterocycles. The van der Waals surface area contributed by atoms with Gasteiger partial charge in [0.05, 0.1) is 5.71 Å². The van der Waals surface area contributed by atoms with Gasteiger partial charge in [0, 0.05) is 36.6 Å². The highest BCUT2D eigenvalue weighted by Gasteiger charge is 2.23. The number of rotatable bonds is 7. The summed E-state index contributed by atoms with van der Waals surface area (Å²) < 4.78 is 0. The summed E-state index contributed by atoms with van der Waals surface area (Å²) in [5, 5.41) is 19.8. The lowest BCUT2D eigenvalue weighted by atomic mass is 9.92. The molecule has 1 aromatic heterocycles. The van der Waals surface area contributed by atoms with Crippen LogP contribution in [0.2, 0.25) is 0 Å². The van der Waals surface area contributed by atoms with Gasteiger partial charge in [0.25, 0.3) is 0 Å². The number of anilines is 1. The van der Waals surface area contributed by atoms with Crippen LogP contribution in [0.25, 0.3) is 0 Å². The highest BCUT2D eigenvalue weighted by Crippen LogP contribution is 2.26. The van der Waals surface area contributed by atoms with E-state index in [1.807, 2.05) is 19.2 Å². The molecule has 28 heavy (non-hydrogen) atoms. The predicted octanol–water partition coefficient (Wildman–Crippen LogP) is 4.49. The molecule has 1 saturated carbocycles. The van der Waals surface area contributed by atoms with Crippen LogP contribution >= 0.6 is 0 Å². The summed E-state index contributed by atoms with van der Waals surface area (Å²) in [5.74, 6) is 1.66. The average molecular weight is 382 g/mol. The Morgan fingerprint density at radius 1 is 1.14 bits per heavy atom. The fourth-order valence-electron chi connectivity index (χ4n) is 4.30.